The minimum absolute atomic E-state index is 0.0328. The molecule has 5 aromatic rings. The maximum atomic E-state index is 13.1. The number of alkyl carbamates (subject to hydrolysis) is 1. The van der Waals surface area contributed by atoms with E-state index < -0.39 is 30.5 Å². The van der Waals surface area contributed by atoms with Crippen LogP contribution in [0.25, 0.3) is 11.1 Å². The van der Waals surface area contributed by atoms with E-state index in [1.165, 1.54) is 28.8 Å². The Balaban J connectivity index is 1.18. The number of nitrogens with one attached hydrogen (secondary N) is 1. The van der Waals surface area contributed by atoms with Gasteiger partial charge < -0.3 is 0 Å². The van der Waals surface area contributed by atoms with Gasteiger partial charge in [0.1, 0.15) is 0 Å². The van der Waals surface area contributed by atoms with Crippen molar-refractivity contribution in [1.29, 1.82) is 0 Å². The van der Waals surface area contributed by atoms with E-state index in [4.69, 9.17) is 9.47 Å². The topological polar surface area (TPSA) is 64.6 Å². The summed E-state index contributed by atoms with van der Waals surface area (Å²) < 4.78 is 16.3. The number of fused-ring (bicyclic) bond motifs is 3. The van der Waals surface area contributed by atoms with Crippen LogP contribution in [0.15, 0.2) is 152 Å². The Morgan fingerprint density at radius 3 is 1.62 bits per heavy atom. The van der Waals surface area contributed by atoms with E-state index in [2.05, 4.69) is 133 Å². The van der Waals surface area contributed by atoms with Crippen molar-refractivity contribution in [1.82, 2.24) is 5.32 Å². The van der Waals surface area contributed by atoms with E-state index in [1.54, 1.807) is 0 Å². The molecular formula is C41H39NO4Sn. The Labute approximate surface area is 281 Å². The molecule has 5 nitrogen and oxygen atoms in total. The van der Waals surface area contributed by atoms with Gasteiger partial charge in [0.15, 0.2) is 0 Å². The number of hydrogen-bond donors (Lipinski definition) is 1. The molecule has 0 radical (unpaired) electrons. The molecule has 0 spiro atoms. The average Bonchev–Trinajstić information content (AvgIpc) is 3.44. The second-order valence-corrected chi connectivity index (χ2v) is 23.2. The third-order valence-corrected chi connectivity index (χ3v) is 22.7. The number of esters is 1. The molecule has 6 heteroatoms. The van der Waals surface area contributed by atoms with Gasteiger partial charge in [-0.15, -0.1) is 0 Å². The standard InChI is InChI=1S/C23H24NO4.3C6H5.Sn/c1-3-4-9-17(14-27-16(2)25)24-23(26)28-15-22-20-12-7-5-10-18(20)19-11-6-8-13-21(19)22;3*1-2-4-6-5-3-1;/h3-8,10-13,17,22H,1,9,14-15H2,2H3,(H,24,26);3*1-5H;/b4-3+;;;;. The van der Waals surface area contributed by atoms with Crippen molar-refractivity contribution in [2.24, 2.45) is 0 Å². The van der Waals surface area contributed by atoms with Crippen molar-refractivity contribution in [2.75, 3.05) is 13.2 Å². The molecular weight excluding hydrogens is 689 g/mol. The van der Waals surface area contributed by atoms with Crippen molar-refractivity contribution < 1.29 is 19.1 Å². The SMILES string of the molecule is CC(=O)OCC(C/C=C/[CH2][Sn]([c]1ccccc1)([c]1ccccc1)[c]1ccccc1)NC(=O)OCC1c2ccccc2-c2ccccc21. The number of carbonyl (C=O) groups is 2. The van der Waals surface area contributed by atoms with E-state index in [1.807, 2.05) is 24.3 Å². The summed E-state index contributed by atoms with van der Waals surface area (Å²) in [6, 6.07) is 48.7. The van der Waals surface area contributed by atoms with E-state index in [9.17, 15) is 9.59 Å². The molecule has 0 fully saturated rings. The van der Waals surface area contributed by atoms with Gasteiger partial charge >= 0.3 is 246 Å². The van der Waals surface area contributed by atoms with E-state index >= 15 is 0 Å². The van der Waals surface area contributed by atoms with Crippen LogP contribution in [0.3, 0.4) is 0 Å². The van der Waals surface area contributed by atoms with Crippen molar-refractivity contribution in [3.05, 3.63) is 163 Å². The molecule has 1 unspecified atom stereocenters. The van der Waals surface area contributed by atoms with Crippen molar-refractivity contribution in [3.8, 4) is 11.1 Å². The number of allylic oxidation sites excluding steroid dienone is 1. The fourth-order valence-electron chi connectivity index (χ4n) is 6.74. The zero-order chi connectivity index (χ0) is 32.5. The first-order valence-corrected chi connectivity index (χ1v) is 22.4. The van der Waals surface area contributed by atoms with Crippen LogP contribution in [0, 0.1) is 0 Å². The van der Waals surface area contributed by atoms with Gasteiger partial charge in [-0.1, -0.05) is 36.4 Å². The molecule has 47 heavy (non-hydrogen) atoms. The van der Waals surface area contributed by atoms with Crippen LogP contribution in [0.2, 0.25) is 4.44 Å². The van der Waals surface area contributed by atoms with E-state index in [-0.39, 0.29) is 25.1 Å². The first-order valence-electron chi connectivity index (χ1n) is 16.1. The first kappa shape index (κ1) is 32.3. The average molecular weight is 728 g/mol. The molecule has 1 atom stereocenters. The molecule has 0 heterocycles. The molecule has 1 N–H and O–H groups in total. The molecule has 1 aliphatic rings. The van der Waals surface area contributed by atoms with Gasteiger partial charge in [0.25, 0.3) is 0 Å². The molecule has 0 aliphatic heterocycles. The zero-order valence-corrected chi connectivity index (χ0v) is 29.4. The summed E-state index contributed by atoms with van der Waals surface area (Å²) in [6.45, 7) is 1.66. The van der Waals surface area contributed by atoms with Gasteiger partial charge in [-0.05, 0) is 0 Å². The van der Waals surface area contributed by atoms with Crippen LogP contribution in [0.4, 0.5) is 4.79 Å². The molecule has 0 bridgehead atoms. The molecule has 0 saturated heterocycles. The third-order valence-electron chi connectivity index (χ3n) is 8.96. The first-order chi connectivity index (χ1) is 23.1. The maximum absolute atomic E-state index is 13.1. The molecule has 1 amide bonds. The number of hydrogen-bond acceptors (Lipinski definition) is 4. The van der Waals surface area contributed by atoms with Crippen molar-refractivity contribution >= 4 is 41.2 Å². The number of carbonyl (C=O) groups excluding carboxylic acids is 2. The number of benzene rings is 5. The second kappa shape index (κ2) is 15.3. The van der Waals surface area contributed by atoms with E-state index in [0.717, 1.165) is 15.6 Å². The summed E-state index contributed by atoms with van der Waals surface area (Å²) in [4.78, 5) is 24.9. The Morgan fingerprint density at radius 2 is 1.13 bits per heavy atom. The van der Waals surface area contributed by atoms with Crippen LogP contribution in [0.5, 0.6) is 0 Å². The van der Waals surface area contributed by atoms with E-state index in [0.29, 0.717) is 6.42 Å². The second-order valence-electron chi connectivity index (χ2n) is 11.9. The van der Waals surface area contributed by atoms with Crippen LogP contribution in [-0.4, -0.2) is 49.7 Å². The van der Waals surface area contributed by atoms with Gasteiger partial charge in [0.2, 0.25) is 0 Å². The van der Waals surface area contributed by atoms with Crippen LogP contribution < -0.4 is 16.1 Å². The fourth-order valence-corrected chi connectivity index (χ4v) is 19.6. The molecule has 0 saturated carbocycles. The van der Waals surface area contributed by atoms with Gasteiger partial charge in [-0.3, -0.25) is 0 Å². The zero-order valence-electron chi connectivity index (χ0n) is 26.5. The minimum atomic E-state index is -3.46. The molecule has 0 aromatic heterocycles. The van der Waals surface area contributed by atoms with Gasteiger partial charge in [-0.25, -0.2) is 0 Å². The number of rotatable bonds is 12. The summed E-state index contributed by atoms with van der Waals surface area (Å²) in [7, 11) is 0. The van der Waals surface area contributed by atoms with Crippen LogP contribution in [-0.2, 0) is 14.3 Å². The predicted octanol–water partition coefficient (Wildman–Crippen LogP) is 6.57. The monoisotopic (exact) mass is 729 g/mol. The summed E-state index contributed by atoms with van der Waals surface area (Å²) in [5.41, 5.74) is 4.67. The van der Waals surface area contributed by atoms with Gasteiger partial charge in [0, 0.05) is 0 Å². The third kappa shape index (κ3) is 7.36. The molecule has 236 valence electrons. The normalized spacial score (nSPS) is 13.0. The Kier molecular flexibility index (Phi) is 10.5. The van der Waals surface area contributed by atoms with Gasteiger partial charge in [-0.2, -0.15) is 0 Å². The van der Waals surface area contributed by atoms with Crippen LogP contribution in [0.1, 0.15) is 30.4 Å². The quantitative estimate of drug-likeness (QED) is 0.0898. The number of ether oxygens (including phenoxy) is 2. The Morgan fingerprint density at radius 1 is 0.660 bits per heavy atom. The Hall–Kier alpha value is -4.62. The fraction of sp³-hybridized carbons (Fsp3) is 0.171. The van der Waals surface area contributed by atoms with Crippen molar-refractivity contribution in [2.45, 2.75) is 29.7 Å². The summed E-state index contributed by atoms with van der Waals surface area (Å²) in [5, 5.41) is 2.96. The summed E-state index contributed by atoms with van der Waals surface area (Å²) >= 11 is -3.46. The van der Waals surface area contributed by atoms with Gasteiger partial charge in [0.05, 0.1) is 0 Å². The number of amides is 1. The molecule has 5 aromatic carbocycles. The van der Waals surface area contributed by atoms with Crippen LogP contribution >= 0.6 is 0 Å². The van der Waals surface area contributed by atoms with Crippen molar-refractivity contribution in [3.63, 3.8) is 0 Å². The summed E-state index contributed by atoms with van der Waals surface area (Å²) in [5.74, 6) is -0.421. The predicted molar refractivity (Wildman–Crippen MR) is 191 cm³/mol. The molecule has 6 rings (SSSR count). The summed E-state index contributed by atoms with van der Waals surface area (Å²) in [6.07, 6.45) is 4.34. The Bertz CT molecular complexity index is 1680. The molecule has 1 aliphatic carbocycles.